The fourth-order valence-corrected chi connectivity index (χ4v) is 19.4. The second-order valence-electron chi connectivity index (χ2n) is 38.6. The normalized spacial score (nSPS) is 26.0. The van der Waals surface area contributed by atoms with Crippen LogP contribution in [0, 0.1) is 49.4 Å². The number of rotatable bonds is 42. The third-order valence-electron chi connectivity index (χ3n) is 27.9. The molecule has 2 N–H and O–H groups in total. The first kappa shape index (κ1) is 115. The van der Waals surface area contributed by atoms with Gasteiger partial charge >= 0.3 is 17.6 Å². The number of piperazine rings is 1. The maximum atomic E-state index is 14.8. The third-order valence-corrected chi connectivity index (χ3v) is 27.9. The van der Waals surface area contributed by atoms with E-state index in [9.17, 15) is 43.8 Å². The lowest BCUT2D eigenvalue weighted by atomic mass is 9.78. The molecule has 3 saturated heterocycles. The molecule has 784 valence electrons. The van der Waals surface area contributed by atoms with Gasteiger partial charge in [-0.3, -0.25) is 43.1 Å². The Morgan fingerprint density at radius 2 is 1.27 bits per heavy atom. The number of piperidine rings is 1. The number of anilines is 2. The van der Waals surface area contributed by atoms with E-state index in [0.29, 0.717) is 187 Å². The molecule has 11 rings (SSSR count). The van der Waals surface area contributed by atoms with Crippen molar-refractivity contribution in [1.29, 1.82) is 0 Å². The smallest absolute Gasteiger partial charge is 0.333 e. The van der Waals surface area contributed by atoms with Gasteiger partial charge in [-0.1, -0.05) is 90.1 Å². The number of esters is 2. The van der Waals surface area contributed by atoms with Gasteiger partial charge in [-0.05, 0) is 193 Å². The molecule has 0 radical (unpaired) electrons. The van der Waals surface area contributed by atoms with Crippen molar-refractivity contribution < 1.29 is 110 Å². The standard InChI is InChI=1S/C63H103NO18.C46H56N8O6/c1-41-19-14-13-15-20-42(2)52(73-9)39-49-25-23-47(7)63(71,82-49)60(68)61(69)64-27-17-16-21-50(64)62(70)81-54(40-53(74-10)43(3)36-46(6)58(67)59(76-12)57(66)45(5)35-41)44(4)37-48-24-26-51(55(38-48)75-11)80-56(65)22-18-28-77-31-32-79-34-33-78-30-29-72-8;1-5-19-57-21-23-59-25-26-60-24-22-58-20-14-39(55)11-7-35-29-49-45(50-30-35)53-17-15-52(16-18-53)42-13-10-38(27-33(42)2)54-44-40-28-36(37-8-6-34(3)47-31-37)9-12-41(40)48-32-43(44)51(4)46(54)56/h13-15,19-20,36,41,43-45,47-55,58-59,67,71H,16-18,21-35,37-40H2,1-12H3;6,8-10,12-13,27-32H,5,7,11,14-26H2,1-4H3/b15-13+,19-14+,42-20+,46-36+;/t41-,43-,44-,45-,47-,48+,49+,50+,51-,52+,53-,54+,55-,58-,59+,63-;/m1./s1. The number of pyridine rings is 2. The summed E-state index contributed by atoms with van der Waals surface area (Å²) in [4.78, 5) is 121. The first-order valence-corrected chi connectivity index (χ1v) is 51.1. The summed E-state index contributed by atoms with van der Waals surface area (Å²) in [7, 11) is 9.61. The third kappa shape index (κ3) is 33.6. The summed E-state index contributed by atoms with van der Waals surface area (Å²) in [6, 6.07) is 15.4. The quantitative estimate of drug-likeness (QED) is 0.0155. The molecule has 8 heterocycles. The Balaban J connectivity index is 0.000000305. The lowest BCUT2D eigenvalue weighted by Crippen LogP contribution is -2.61. The fourth-order valence-electron chi connectivity index (χ4n) is 19.4. The molecule has 1 amide bonds. The number of ketones is 3. The summed E-state index contributed by atoms with van der Waals surface area (Å²) in [5, 5.41) is 24.7. The first-order valence-electron chi connectivity index (χ1n) is 51.1. The van der Waals surface area contributed by atoms with Crippen molar-refractivity contribution in [1.82, 2.24) is 34.0 Å². The highest BCUT2D eigenvalue weighted by Crippen LogP contribution is 2.41. The van der Waals surface area contributed by atoms with Gasteiger partial charge in [0.15, 0.2) is 5.78 Å². The number of allylic oxidation sites excluding steroid dienone is 5. The van der Waals surface area contributed by atoms with Crippen LogP contribution in [0.3, 0.4) is 0 Å². The van der Waals surface area contributed by atoms with Crippen LogP contribution >= 0.6 is 0 Å². The SMILES string of the molecule is CCCOCCOCCOCCOCCC(=O)CCc1cnc(N2CCN(c3ccc(-n4c(=O)n(C)c5cnc6ccc(-c7ccc(C)nc7)cc6c54)cc3C)CC2)nc1.COCCOCCOCCOCCCC(=O)O[C@@H]1CC[C@@H](C[C@@H](C)[C@@H]2C[C@@H](OC)[C@H](C)/C=C(\C)[C@@H](O)[C@@H](OC)C(=O)[C@H](C)C[C@H](C)/C=C/C=C/C=C(\C)[C@@H](OC)C[C@@H]3CC[C@@H](C)[C@@](O)(O3)C(=O)C(=O)N3CCCC[C@H]3C(=O)O2)C[C@H]1OC. The van der Waals surface area contributed by atoms with Gasteiger partial charge in [0, 0.05) is 179 Å². The molecule has 16 atom stereocenters. The monoisotopic (exact) mass is 1980 g/mol. The molecule has 1 aliphatic carbocycles. The van der Waals surface area contributed by atoms with Crippen molar-refractivity contribution in [2.24, 2.45) is 42.6 Å². The number of cyclic esters (lactones) is 1. The van der Waals surface area contributed by atoms with Crippen LogP contribution in [0.5, 0.6) is 0 Å². The Morgan fingerprint density at radius 3 is 1.92 bits per heavy atom. The number of fused-ring (bicyclic) bond motifs is 6. The topological polar surface area (TPSA) is 370 Å². The molecule has 2 bridgehead atoms. The van der Waals surface area contributed by atoms with E-state index in [4.69, 9.17) is 76.0 Å². The fraction of sp³-hybridized carbons (Fsp3) is 0.642. The number of aryl methyl sites for hydroxylation is 4. The number of ether oxygens (including phenoxy) is 15. The van der Waals surface area contributed by atoms with Crippen molar-refractivity contribution in [3.63, 3.8) is 0 Å². The zero-order valence-electron chi connectivity index (χ0n) is 86.8. The molecule has 4 fully saturated rings. The molecule has 142 heavy (non-hydrogen) atoms. The van der Waals surface area contributed by atoms with Crippen LogP contribution in [0.4, 0.5) is 11.6 Å². The molecule has 0 spiro atoms. The number of Topliss-reactive ketones (excluding diaryl/α,β-unsaturated/α-hetero) is 3. The van der Waals surface area contributed by atoms with Crippen molar-refractivity contribution in [2.75, 3.05) is 177 Å². The number of aromatic nitrogens is 6. The van der Waals surface area contributed by atoms with E-state index < -0.39 is 84.1 Å². The summed E-state index contributed by atoms with van der Waals surface area (Å²) in [6.45, 7) is 30.0. The van der Waals surface area contributed by atoms with Gasteiger partial charge in [-0.25, -0.2) is 19.6 Å². The van der Waals surface area contributed by atoms with E-state index in [1.165, 1.54) is 12.0 Å². The summed E-state index contributed by atoms with van der Waals surface area (Å²) in [5.74, 6) is -6.56. The van der Waals surface area contributed by atoms with E-state index in [-0.39, 0.29) is 78.8 Å². The Kier molecular flexibility index (Phi) is 47.9. The highest BCUT2D eigenvalue weighted by molar-refractivity contribution is 6.39. The molecule has 4 aromatic heterocycles. The molecular formula is C109H159N9O24. The van der Waals surface area contributed by atoms with E-state index in [1.807, 2.05) is 115 Å². The van der Waals surface area contributed by atoms with Crippen LogP contribution in [-0.4, -0.2) is 307 Å². The number of nitrogens with zero attached hydrogens (tertiary/aromatic N) is 9. The van der Waals surface area contributed by atoms with Crippen LogP contribution in [0.1, 0.15) is 181 Å². The number of hydrogen-bond donors (Lipinski definition) is 2. The van der Waals surface area contributed by atoms with Crippen molar-refractivity contribution in [3.05, 3.63) is 148 Å². The molecule has 0 unspecified atom stereocenters. The number of aliphatic hydroxyl groups excluding tert-OH is 1. The highest BCUT2D eigenvalue weighted by atomic mass is 16.6. The highest BCUT2D eigenvalue weighted by Gasteiger charge is 2.53. The van der Waals surface area contributed by atoms with E-state index in [1.54, 1.807) is 64.7 Å². The number of methoxy groups -OCH3 is 5. The Bertz CT molecular complexity index is 5110. The van der Waals surface area contributed by atoms with Crippen LogP contribution < -0.4 is 15.5 Å². The first-order chi connectivity index (χ1) is 68.5. The zero-order valence-corrected chi connectivity index (χ0v) is 86.8. The summed E-state index contributed by atoms with van der Waals surface area (Å²) in [5.41, 5.74) is 10.7. The minimum Gasteiger partial charge on any atom is -0.460 e. The number of benzene rings is 2. The van der Waals surface area contributed by atoms with Gasteiger partial charge in [-0.2, -0.15) is 0 Å². The Morgan fingerprint density at radius 1 is 0.606 bits per heavy atom. The molecule has 5 aliphatic rings. The average Bonchev–Trinajstić information content (AvgIpc) is 1.57. The molecule has 4 aliphatic heterocycles. The summed E-state index contributed by atoms with van der Waals surface area (Å²) in [6.07, 6.45) is 22.3. The molecule has 2 aromatic carbocycles. The number of hydrogen-bond acceptors (Lipinski definition) is 30. The van der Waals surface area contributed by atoms with Gasteiger partial charge in [0.2, 0.25) is 11.7 Å². The minimum absolute atomic E-state index is 0.0262. The largest absolute Gasteiger partial charge is 0.460 e. The van der Waals surface area contributed by atoms with Gasteiger partial charge in [-0.15, -0.1) is 0 Å². The van der Waals surface area contributed by atoms with Crippen LogP contribution in [0.15, 0.2) is 126 Å². The van der Waals surface area contributed by atoms with E-state index >= 15 is 0 Å². The predicted molar refractivity (Wildman–Crippen MR) is 543 cm³/mol. The maximum Gasteiger partial charge on any atom is 0.333 e. The average molecular weight is 1980 g/mol. The molecule has 1 saturated carbocycles. The number of carbonyl (C=O) groups is 6. The number of carbonyl (C=O) groups excluding carboxylic acids is 6. The Labute approximate surface area is 838 Å². The molecular weight excluding hydrogens is 1820 g/mol. The minimum atomic E-state index is -2.43. The van der Waals surface area contributed by atoms with Gasteiger partial charge in [0.05, 0.1) is 139 Å². The van der Waals surface area contributed by atoms with Crippen LogP contribution in [-0.2, 0) is 113 Å². The lowest BCUT2D eigenvalue weighted by Gasteiger charge is -2.43. The number of imidazole rings is 1. The van der Waals surface area contributed by atoms with E-state index in [0.717, 1.165) is 112 Å². The number of amides is 1. The van der Waals surface area contributed by atoms with Crippen LogP contribution in [0.25, 0.3) is 38.8 Å². The molecule has 6 aromatic rings. The number of aliphatic hydroxyl groups is 2. The van der Waals surface area contributed by atoms with Gasteiger partial charge in [0.1, 0.15) is 36.2 Å². The maximum absolute atomic E-state index is 14.8. The Hall–Kier alpha value is -9.27. The zero-order chi connectivity index (χ0) is 102. The summed E-state index contributed by atoms with van der Waals surface area (Å²) >= 11 is 0. The van der Waals surface area contributed by atoms with Gasteiger partial charge < -0.3 is 96.0 Å². The molecule has 33 nitrogen and oxygen atoms in total. The van der Waals surface area contributed by atoms with Crippen molar-refractivity contribution in [3.8, 4) is 16.8 Å². The van der Waals surface area contributed by atoms with Crippen LogP contribution in [0.2, 0.25) is 0 Å². The molecule has 33 heteroatoms. The lowest BCUT2D eigenvalue weighted by molar-refractivity contribution is -0.265. The van der Waals surface area contributed by atoms with Gasteiger partial charge in [0.25, 0.3) is 11.7 Å². The van der Waals surface area contributed by atoms with Crippen molar-refractivity contribution >= 4 is 68.8 Å². The predicted octanol–water partition coefficient (Wildman–Crippen LogP) is 13.7. The second-order valence-corrected chi connectivity index (χ2v) is 38.6. The van der Waals surface area contributed by atoms with Crippen molar-refractivity contribution in [2.45, 2.75) is 245 Å². The van der Waals surface area contributed by atoms with E-state index in [2.05, 4.69) is 68.9 Å². The second kappa shape index (κ2) is 59.4. The summed E-state index contributed by atoms with van der Waals surface area (Å²) < 4.78 is 89.3.